The van der Waals surface area contributed by atoms with Crippen LogP contribution in [0.4, 0.5) is 5.69 Å². The first kappa shape index (κ1) is 13.2. The zero-order valence-corrected chi connectivity index (χ0v) is 10.4. The molecule has 17 heavy (non-hydrogen) atoms. The van der Waals surface area contributed by atoms with Gasteiger partial charge in [0, 0.05) is 25.6 Å². The Kier molecular flexibility index (Phi) is 4.69. The van der Waals surface area contributed by atoms with Crippen molar-refractivity contribution in [2.45, 2.75) is 33.2 Å². The number of hydrogen-bond acceptors (Lipinski definition) is 2. The van der Waals surface area contributed by atoms with Crippen LogP contribution in [0.3, 0.4) is 0 Å². The van der Waals surface area contributed by atoms with E-state index in [4.69, 9.17) is 0 Å². The SMILES string of the molecule is CC(=O)Nc1ccc(CC(C)NC(C)=O)cc1. The molecule has 0 aliphatic heterocycles. The van der Waals surface area contributed by atoms with E-state index >= 15 is 0 Å². The number of rotatable bonds is 4. The molecule has 1 unspecified atom stereocenters. The van der Waals surface area contributed by atoms with Gasteiger partial charge in [0.25, 0.3) is 0 Å². The summed E-state index contributed by atoms with van der Waals surface area (Å²) in [4.78, 5) is 21.7. The molecule has 0 bridgehead atoms. The maximum Gasteiger partial charge on any atom is 0.221 e. The molecule has 0 aliphatic carbocycles. The van der Waals surface area contributed by atoms with Crippen molar-refractivity contribution >= 4 is 17.5 Å². The molecule has 1 aromatic carbocycles. The minimum atomic E-state index is -0.0793. The molecular weight excluding hydrogens is 216 g/mol. The average Bonchev–Trinajstić information content (AvgIpc) is 2.18. The molecule has 0 saturated heterocycles. The fraction of sp³-hybridized carbons (Fsp3) is 0.385. The van der Waals surface area contributed by atoms with Crippen molar-refractivity contribution in [2.24, 2.45) is 0 Å². The number of benzene rings is 1. The molecule has 0 saturated carbocycles. The number of carbonyl (C=O) groups excluding carboxylic acids is 2. The van der Waals surface area contributed by atoms with Crippen LogP contribution in [-0.2, 0) is 16.0 Å². The molecule has 92 valence electrons. The Bertz CT molecular complexity index is 398. The third-order valence-electron chi connectivity index (χ3n) is 2.27. The number of hydrogen-bond donors (Lipinski definition) is 2. The lowest BCUT2D eigenvalue weighted by atomic mass is 10.1. The molecule has 1 rings (SSSR count). The summed E-state index contributed by atoms with van der Waals surface area (Å²) in [7, 11) is 0. The van der Waals surface area contributed by atoms with Crippen LogP contribution in [0, 0.1) is 0 Å². The van der Waals surface area contributed by atoms with Crippen molar-refractivity contribution in [1.82, 2.24) is 5.32 Å². The maximum atomic E-state index is 10.9. The highest BCUT2D eigenvalue weighted by molar-refractivity contribution is 5.88. The standard InChI is InChI=1S/C13H18N2O2/c1-9(14-10(2)16)8-12-4-6-13(7-5-12)15-11(3)17/h4-7,9H,8H2,1-3H3,(H,14,16)(H,15,17). The summed E-state index contributed by atoms with van der Waals surface area (Å²) in [5.74, 6) is -0.100. The van der Waals surface area contributed by atoms with Gasteiger partial charge in [0.1, 0.15) is 0 Å². The highest BCUT2D eigenvalue weighted by atomic mass is 16.2. The fourth-order valence-electron chi connectivity index (χ4n) is 1.68. The van der Waals surface area contributed by atoms with E-state index in [9.17, 15) is 9.59 Å². The number of nitrogens with one attached hydrogen (secondary N) is 2. The Labute approximate surface area is 101 Å². The number of carbonyl (C=O) groups is 2. The van der Waals surface area contributed by atoms with E-state index in [0.717, 1.165) is 17.7 Å². The summed E-state index contributed by atoms with van der Waals surface area (Å²) >= 11 is 0. The summed E-state index contributed by atoms with van der Waals surface area (Å²) in [6.07, 6.45) is 0.778. The Morgan fingerprint density at radius 3 is 2.18 bits per heavy atom. The van der Waals surface area contributed by atoms with Gasteiger partial charge in [-0.15, -0.1) is 0 Å². The second-order valence-electron chi connectivity index (χ2n) is 4.18. The van der Waals surface area contributed by atoms with Crippen molar-refractivity contribution in [1.29, 1.82) is 0 Å². The fourth-order valence-corrected chi connectivity index (χ4v) is 1.68. The molecular formula is C13H18N2O2. The number of amides is 2. The summed E-state index contributed by atoms with van der Waals surface area (Å²) in [6, 6.07) is 7.72. The summed E-state index contributed by atoms with van der Waals surface area (Å²) in [6.45, 7) is 4.95. The lowest BCUT2D eigenvalue weighted by Crippen LogP contribution is -2.31. The van der Waals surface area contributed by atoms with E-state index < -0.39 is 0 Å². The van der Waals surface area contributed by atoms with E-state index in [0.29, 0.717) is 0 Å². The Balaban J connectivity index is 2.56. The van der Waals surface area contributed by atoms with Crippen LogP contribution < -0.4 is 10.6 Å². The quantitative estimate of drug-likeness (QED) is 0.833. The Hall–Kier alpha value is -1.84. The molecule has 0 spiro atoms. The Morgan fingerprint density at radius 1 is 1.12 bits per heavy atom. The van der Waals surface area contributed by atoms with E-state index in [2.05, 4.69) is 10.6 Å². The second-order valence-corrected chi connectivity index (χ2v) is 4.18. The van der Waals surface area contributed by atoms with Crippen LogP contribution in [0.2, 0.25) is 0 Å². The molecule has 4 nitrogen and oxygen atoms in total. The Morgan fingerprint density at radius 2 is 1.71 bits per heavy atom. The molecule has 0 radical (unpaired) electrons. The monoisotopic (exact) mass is 234 g/mol. The predicted octanol–water partition coefficient (Wildman–Crippen LogP) is 1.71. The lowest BCUT2D eigenvalue weighted by molar-refractivity contribution is -0.119. The predicted molar refractivity (Wildman–Crippen MR) is 67.7 cm³/mol. The van der Waals surface area contributed by atoms with Crippen LogP contribution in [-0.4, -0.2) is 17.9 Å². The minimum Gasteiger partial charge on any atom is -0.354 e. The van der Waals surface area contributed by atoms with Gasteiger partial charge in [0.15, 0.2) is 0 Å². The molecule has 0 aromatic heterocycles. The van der Waals surface area contributed by atoms with Gasteiger partial charge in [0.05, 0.1) is 0 Å². The van der Waals surface area contributed by atoms with Crippen LogP contribution >= 0.6 is 0 Å². The smallest absolute Gasteiger partial charge is 0.221 e. The van der Waals surface area contributed by atoms with E-state index in [-0.39, 0.29) is 17.9 Å². The molecule has 4 heteroatoms. The van der Waals surface area contributed by atoms with Gasteiger partial charge >= 0.3 is 0 Å². The van der Waals surface area contributed by atoms with E-state index in [1.54, 1.807) is 0 Å². The van der Waals surface area contributed by atoms with Crippen molar-refractivity contribution in [3.63, 3.8) is 0 Å². The molecule has 1 aromatic rings. The van der Waals surface area contributed by atoms with E-state index in [1.807, 2.05) is 31.2 Å². The lowest BCUT2D eigenvalue weighted by Gasteiger charge is -2.12. The van der Waals surface area contributed by atoms with Crippen LogP contribution in [0.25, 0.3) is 0 Å². The molecule has 2 N–H and O–H groups in total. The first-order chi connectivity index (χ1) is 7.97. The van der Waals surface area contributed by atoms with Crippen LogP contribution in [0.5, 0.6) is 0 Å². The van der Waals surface area contributed by atoms with Gasteiger partial charge in [0.2, 0.25) is 11.8 Å². The molecule has 2 amide bonds. The van der Waals surface area contributed by atoms with Crippen molar-refractivity contribution in [3.8, 4) is 0 Å². The summed E-state index contributed by atoms with van der Waals surface area (Å²) in [5, 5.41) is 5.54. The highest BCUT2D eigenvalue weighted by Crippen LogP contribution is 2.11. The molecule has 0 fully saturated rings. The van der Waals surface area contributed by atoms with Gasteiger partial charge in [-0.3, -0.25) is 9.59 Å². The zero-order chi connectivity index (χ0) is 12.8. The first-order valence-corrected chi connectivity index (χ1v) is 5.61. The maximum absolute atomic E-state index is 10.9. The normalized spacial score (nSPS) is 11.7. The van der Waals surface area contributed by atoms with Crippen LogP contribution in [0.1, 0.15) is 26.3 Å². The number of anilines is 1. The highest BCUT2D eigenvalue weighted by Gasteiger charge is 2.04. The van der Waals surface area contributed by atoms with Gasteiger partial charge in [-0.1, -0.05) is 12.1 Å². The third kappa shape index (κ3) is 5.15. The van der Waals surface area contributed by atoms with Gasteiger partial charge < -0.3 is 10.6 Å². The minimum absolute atomic E-state index is 0.0210. The van der Waals surface area contributed by atoms with Gasteiger partial charge in [-0.05, 0) is 31.0 Å². The second kappa shape index (κ2) is 6.03. The molecule has 0 heterocycles. The van der Waals surface area contributed by atoms with E-state index in [1.165, 1.54) is 13.8 Å². The largest absolute Gasteiger partial charge is 0.354 e. The molecule has 1 atom stereocenters. The third-order valence-corrected chi connectivity index (χ3v) is 2.27. The topological polar surface area (TPSA) is 58.2 Å². The summed E-state index contributed by atoms with van der Waals surface area (Å²) in [5.41, 5.74) is 1.91. The van der Waals surface area contributed by atoms with Crippen molar-refractivity contribution < 1.29 is 9.59 Å². The summed E-state index contributed by atoms with van der Waals surface area (Å²) < 4.78 is 0. The molecule has 0 aliphatic rings. The van der Waals surface area contributed by atoms with Gasteiger partial charge in [-0.25, -0.2) is 0 Å². The van der Waals surface area contributed by atoms with Crippen LogP contribution in [0.15, 0.2) is 24.3 Å². The van der Waals surface area contributed by atoms with Crippen molar-refractivity contribution in [3.05, 3.63) is 29.8 Å². The van der Waals surface area contributed by atoms with Gasteiger partial charge in [-0.2, -0.15) is 0 Å². The zero-order valence-electron chi connectivity index (χ0n) is 10.4. The van der Waals surface area contributed by atoms with Crippen molar-refractivity contribution in [2.75, 3.05) is 5.32 Å². The average molecular weight is 234 g/mol. The first-order valence-electron chi connectivity index (χ1n) is 5.61.